The Kier molecular flexibility index (Phi) is 15.6. The molecule has 2 aromatic heterocycles. The lowest BCUT2D eigenvalue weighted by Crippen LogP contribution is -2.50. The molecule has 3 aromatic carbocycles. The van der Waals surface area contributed by atoms with Gasteiger partial charge in [-0.05, 0) is 112 Å². The van der Waals surface area contributed by atoms with E-state index in [4.69, 9.17) is 42.1 Å². The molecule has 2 aliphatic heterocycles. The van der Waals surface area contributed by atoms with E-state index < -0.39 is 47.0 Å². The van der Waals surface area contributed by atoms with Gasteiger partial charge in [-0.25, -0.2) is 14.6 Å². The second-order valence-electron chi connectivity index (χ2n) is 19.2. The molecule has 5 aromatic rings. The molecule has 1 saturated heterocycles. The summed E-state index contributed by atoms with van der Waals surface area (Å²) in [6, 6.07) is 28.6. The van der Waals surface area contributed by atoms with Gasteiger partial charge in [0.2, 0.25) is 5.88 Å². The number of methoxy groups -OCH3 is 2. The van der Waals surface area contributed by atoms with Crippen LogP contribution in [-0.4, -0.2) is 91.5 Å². The largest absolute Gasteiger partial charge is 0.497 e. The highest BCUT2D eigenvalue weighted by molar-refractivity contribution is 7.44. The molecule has 0 N–H and O–H groups in total. The molecule has 2 aliphatic rings. The summed E-state index contributed by atoms with van der Waals surface area (Å²) in [5.41, 5.74) is 3.35. The number of benzene rings is 3. The molecule has 6 atom stereocenters. The van der Waals surface area contributed by atoms with Crippen molar-refractivity contribution in [1.29, 1.82) is 5.26 Å². The molecule has 0 radical (unpaired) electrons. The van der Waals surface area contributed by atoms with Crippen LogP contribution < -0.4 is 14.2 Å². The zero-order chi connectivity index (χ0) is 47.4. The van der Waals surface area contributed by atoms with Crippen molar-refractivity contribution in [3.63, 3.8) is 0 Å². The first-order valence-electron chi connectivity index (χ1n) is 23.1. The number of nitrogens with zero attached hydrogens (tertiary/aromatic N) is 5. The van der Waals surface area contributed by atoms with Gasteiger partial charge < -0.3 is 41.7 Å². The van der Waals surface area contributed by atoms with Crippen molar-refractivity contribution in [3.05, 3.63) is 114 Å². The second-order valence-corrected chi connectivity index (χ2v) is 25.4. The fourth-order valence-electron chi connectivity index (χ4n) is 8.73. The van der Waals surface area contributed by atoms with Crippen LogP contribution in [0.1, 0.15) is 96.7 Å². The van der Waals surface area contributed by atoms with Gasteiger partial charge >= 0.3 is 0 Å². The number of hydrogen-bond acceptors (Lipinski definition) is 12. The number of aryl methyl sites for hydroxylation is 1. The molecule has 1 fully saturated rings. The molecule has 0 aliphatic carbocycles. The van der Waals surface area contributed by atoms with Crippen molar-refractivity contribution in [1.82, 2.24) is 19.2 Å². The predicted octanol–water partition coefficient (Wildman–Crippen LogP) is 11.1. The summed E-state index contributed by atoms with van der Waals surface area (Å²) >= 11 is 0. The lowest BCUT2D eigenvalue weighted by atomic mass is 9.80. The third-order valence-corrected chi connectivity index (χ3v) is 19.7. The highest BCUT2D eigenvalue weighted by Crippen LogP contribution is 2.53. The van der Waals surface area contributed by atoms with E-state index in [1.807, 2.05) is 42.5 Å². The summed E-state index contributed by atoms with van der Waals surface area (Å²) in [5.74, 6) is 2.02. The van der Waals surface area contributed by atoms with Crippen molar-refractivity contribution in [2.45, 2.75) is 141 Å². The van der Waals surface area contributed by atoms with Gasteiger partial charge in [0.25, 0.3) is 8.53 Å². The Morgan fingerprint density at radius 1 is 0.879 bits per heavy atom. The van der Waals surface area contributed by atoms with Gasteiger partial charge in [-0.3, -0.25) is 0 Å². The average molecular weight is 938 g/mol. The van der Waals surface area contributed by atoms with Gasteiger partial charge in [0.15, 0.2) is 14.5 Å². The van der Waals surface area contributed by atoms with E-state index in [0.29, 0.717) is 11.5 Å². The number of nitriles is 1. The Hall–Kier alpha value is -4.42. The summed E-state index contributed by atoms with van der Waals surface area (Å²) in [6.07, 6.45) is 2.77. The van der Waals surface area contributed by atoms with Crippen LogP contribution in [0.25, 0.3) is 11.0 Å². The first-order chi connectivity index (χ1) is 31.5. The fourth-order valence-corrected chi connectivity index (χ4v) is 11.8. The van der Waals surface area contributed by atoms with Crippen LogP contribution >= 0.6 is 8.53 Å². The first-order valence-corrected chi connectivity index (χ1v) is 27.1. The molecule has 1 unspecified atom stereocenters. The monoisotopic (exact) mass is 937 g/mol. The third-order valence-electron chi connectivity index (χ3n) is 13.1. The Morgan fingerprint density at radius 3 is 2.05 bits per heavy atom. The summed E-state index contributed by atoms with van der Waals surface area (Å²) < 4.78 is 58.8. The first kappa shape index (κ1) is 49.5. The Bertz CT molecular complexity index is 2350. The lowest BCUT2D eigenvalue weighted by molar-refractivity contribution is -0.0925. The number of aromatic nitrogens is 3. The summed E-state index contributed by atoms with van der Waals surface area (Å²) in [7, 11) is -1.00. The van der Waals surface area contributed by atoms with Crippen molar-refractivity contribution in [2.24, 2.45) is 0 Å². The minimum atomic E-state index is -2.58. The molecular weight excluding hydrogens is 870 g/mol. The highest BCUT2D eigenvalue weighted by Gasteiger charge is 2.54. The van der Waals surface area contributed by atoms with Gasteiger partial charge in [-0.1, -0.05) is 75.4 Å². The van der Waals surface area contributed by atoms with Crippen LogP contribution in [0, 0.1) is 11.3 Å². The minimum absolute atomic E-state index is 0.00656. The average Bonchev–Trinajstić information content (AvgIpc) is 3.77. The van der Waals surface area contributed by atoms with Gasteiger partial charge in [-0.2, -0.15) is 5.26 Å². The van der Waals surface area contributed by atoms with Crippen LogP contribution in [0.15, 0.2) is 91.4 Å². The van der Waals surface area contributed by atoms with Crippen molar-refractivity contribution < 1.29 is 37.2 Å². The zero-order valence-corrected chi connectivity index (χ0v) is 42.6. The maximum absolute atomic E-state index is 9.66. The van der Waals surface area contributed by atoms with E-state index in [2.05, 4.69) is 131 Å². The number of ether oxygens (including phenoxy) is 5. The Labute approximate surface area is 393 Å². The highest BCUT2D eigenvalue weighted by atomic mass is 31.2. The summed E-state index contributed by atoms with van der Waals surface area (Å²) in [4.78, 5) is 9.50. The van der Waals surface area contributed by atoms with Crippen LogP contribution in [0.5, 0.6) is 17.4 Å². The molecule has 0 amide bonds. The van der Waals surface area contributed by atoms with E-state index in [1.54, 1.807) is 20.5 Å². The smallest absolute Gasteiger partial charge is 0.259 e. The van der Waals surface area contributed by atoms with E-state index in [0.717, 1.165) is 52.0 Å². The van der Waals surface area contributed by atoms with Gasteiger partial charge in [0.1, 0.15) is 47.4 Å². The molecule has 15 heteroatoms. The lowest BCUT2D eigenvalue weighted by Gasteiger charge is -2.42. The molecule has 0 spiro atoms. The van der Waals surface area contributed by atoms with Crippen molar-refractivity contribution in [3.8, 4) is 23.4 Å². The molecular formula is C51H68N5O8PSi. The van der Waals surface area contributed by atoms with Crippen LogP contribution in [0.2, 0.25) is 18.1 Å². The maximum atomic E-state index is 9.66. The normalized spacial score (nSPS) is 20.7. The van der Waals surface area contributed by atoms with Gasteiger partial charge in [0, 0.05) is 18.3 Å². The van der Waals surface area contributed by atoms with Crippen LogP contribution in [-0.2, 0) is 35.0 Å². The summed E-state index contributed by atoms with van der Waals surface area (Å²) in [6.45, 7) is 22.1. The predicted molar refractivity (Wildman–Crippen MR) is 260 cm³/mol. The van der Waals surface area contributed by atoms with Gasteiger partial charge in [-0.15, -0.1) is 0 Å². The molecule has 0 bridgehead atoms. The molecule has 4 heterocycles. The maximum Gasteiger partial charge on any atom is 0.259 e. The second kappa shape index (κ2) is 20.8. The summed E-state index contributed by atoms with van der Waals surface area (Å²) in [5, 5.41) is 10.4. The fraction of sp³-hybridized carbons (Fsp3) is 0.510. The Morgan fingerprint density at radius 2 is 1.48 bits per heavy atom. The van der Waals surface area contributed by atoms with Crippen molar-refractivity contribution >= 4 is 27.9 Å². The topological polar surface area (TPSA) is 132 Å². The van der Waals surface area contributed by atoms with E-state index in [9.17, 15) is 5.26 Å². The van der Waals surface area contributed by atoms with Crippen molar-refractivity contribution in [2.75, 3.05) is 27.4 Å². The SMILES string of the molecule is COc1ccc(C(OC[C@H]2O[C@@H](n3cc4c5c(ncnc53)O[C@@H](C)CC4)[C@H](O[Si](C)(C)C(C)(C)C)[C@@H]2OP(OCCC#N)N(C(C)C)C(C)C)(c2ccccc2)c2ccc(OC)cc2)cc1. The number of rotatable bonds is 19. The van der Waals surface area contributed by atoms with Gasteiger partial charge in [0.05, 0.1) is 51.4 Å². The molecule has 13 nitrogen and oxygen atoms in total. The van der Waals surface area contributed by atoms with E-state index in [-0.39, 0.29) is 42.9 Å². The third kappa shape index (κ3) is 10.2. The molecule has 0 saturated carbocycles. The Balaban J connectivity index is 1.43. The number of hydrogen-bond donors (Lipinski definition) is 0. The molecule has 354 valence electrons. The van der Waals surface area contributed by atoms with E-state index >= 15 is 0 Å². The molecule has 7 rings (SSSR count). The zero-order valence-electron chi connectivity index (χ0n) is 40.7. The van der Waals surface area contributed by atoms with E-state index in [1.165, 1.54) is 0 Å². The molecule has 66 heavy (non-hydrogen) atoms. The quantitative estimate of drug-likeness (QED) is 0.0338. The minimum Gasteiger partial charge on any atom is -0.497 e. The van der Waals surface area contributed by atoms with Crippen LogP contribution in [0.4, 0.5) is 0 Å². The standard InChI is InChI=1S/C51H68N5O8PSi/c1-34(2)56(35(3)4)65(60-30-16-29-52)63-45-43(32-59-51(38-17-14-13-15-18-38,39-21-25-41(57-9)26-22-39)40-23-27-42(58-10)28-24-40)62-49(46(45)64-66(11,12)50(6,7)8)55-31-37-20-19-36(5)61-48-44(37)47(55)53-33-54-48/h13-15,17-18,21-28,31,33-36,43,45-46,49H,16,19-20,30,32H2,1-12H3/t36-,43+,45+,46+,49+,65?/m0/s1. The van der Waals surface area contributed by atoms with Crippen LogP contribution in [0.3, 0.4) is 0 Å².